The van der Waals surface area contributed by atoms with Crippen LogP contribution in [0.3, 0.4) is 0 Å². The largest absolute Gasteiger partial charge is 0.460 e. The molecule has 0 saturated heterocycles. The highest BCUT2D eigenvalue weighted by Crippen LogP contribution is 2.44. The molecule has 6 nitrogen and oxygen atoms in total. The van der Waals surface area contributed by atoms with Crippen LogP contribution >= 0.6 is 0 Å². The fourth-order valence-electron chi connectivity index (χ4n) is 4.31. The Kier molecular flexibility index (Phi) is 5.24. The Morgan fingerprint density at radius 1 is 0.935 bits per heavy atom. The minimum atomic E-state index is -0.491. The quantitative estimate of drug-likeness (QED) is 0.680. The Bertz CT molecular complexity index is 1040. The van der Waals surface area contributed by atoms with E-state index >= 15 is 0 Å². The molecule has 1 aliphatic carbocycles. The molecule has 1 N–H and O–H groups in total. The van der Waals surface area contributed by atoms with E-state index in [4.69, 9.17) is 9.47 Å². The number of hydrogen-bond donors (Lipinski definition) is 1. The number of rotatable bonds is 4. The molecule has 0 atom stereocenters. The molecule has 2 aliphatic rings. The summed E-state index contributed by atoms with van der Waals surface area (Å²) in [6.45, 7) is 0. The number of aromatic nitrogens is 2. The molecular weight excluding hydrogens is 397 g/mol. The summed E-state index contributed by atoms with van der Waals surface area (Å²) in [6.07, 6.45) is 5.28. The van der Waals surface area contributed by atoms with Crippen molar-refractivity contribution in [1.29, 1.82) is 0 Å². The predicted octanol–water partition coefficient (Wildman–Crippen LogP) is 4.36. The van der Waals surface area contributed by atoms with Crippen molar-refractivity contribution in [3.63, 3.8) is 0 Å². The zero-order valence-corrected chi connectivity index (χ0v) is 16.8. The van der Waals surface area contributed by atoms with Gasteiger partial charge in [0.25, 0.3) is 0 Å². The van der Waals surface area contributed by atoms with E-state index in [0.29, 0.717) is 0 Å². The Balaban J connectivity index is 1.25. The maximum absolute atomic E-state index is 13.3. The number of halogens is 1. The van der Waals surface area contributed by atoms with Crippen LogP contribution in [0.5, 0.6) is 17.5 Å². The smallest absolute Gasteiger partial charge is 0.316 e. The average molecular weight is 419 g/mol. The molecule has 158 valence electrons. The minimum absolute atomic E-state index is 0.0190. The zero-order chi connectivity index (χ0) is 21.2. The number of hydrogen-bond acceptors (Lipinski definition) is 5. The fourth-order valence-corrected chi connectivity index (χ4v) is 4.31. The first-order chi connectivity index (χ1) is 15.2. The summed E-state index contributed by atoms with van der Waals surface area (Å²) < 4.78 is 24.7. The van der Waals surface area contributed by atoms with E-state index in [2.05, 4.69) is 15.3 Å². The lowest BCUT2D eigenvalue weighted by molar-refractivity contribution is -0.122. The third-order valence-electron chi connectivity index (χ3n) is 5.83. The van der Waals surface area contributed by atoms with Gasteiger partial charge in [-0.05, 0) is 37.8 Å². The summed E-state index contributed by atoms with van der Waals surface area (Å²) >= 11 is 0. The first kappa shape index (κ1) is 19.5. The van der Waals surface area contributed by atoms with E-state index in [1.54, 1.807) is 0 Å². The van der Waals surface area contributed by atoms with Crippen LogP contribution in [0.25, 0.3) is 0 Å². The van der Waals surface area contributed by atoms with E-state index in [1.165, 1.54) is 0 Å². The molecule has 1 aliphatic heterocycles. The standard InChI is InChI=1S/C24H22FN3O3/c25-15-13-26-24(27-14-15)30-17-11-9-16(10-12-17)28-23(29)22-18-5-1-3-7-20(18)31-21-8-4-2-6-19(21)22/h1-8,13-14,16-17,22H,9-12H2,(H,28,29). The monoisotopic (exact) mass is 419 g/mol. The summed E-state index contributed by atoms with van der Waals surface area (Å²) in [7, 11) is 0. The highest BCUT2D eigenvalue weighted by molar-refractivity contribution is 5.89. The van der Waals surface area contributed by atoms with Crippen LogP contribution in [0.1, 0.15) is 42.7 Å². The van der Waals surface area contributed by atoms with Gasteiger partial charge in [0, 0.05) is 17.2 Å². The highest BCUT2D eigenvalue weighted by Gasteiger charge is 2.34. The number of nitrogens with one attached hydrogen (secondary N) is 1. The van der Waals surface area contributed by atoms with Gasteiger partial charge in [-0.2, -0.15) is 0 Å². The lowest BCUT2D eigenvalue weighted by Gasteiger charge is -2.32. The molecule has 0 unspecified atom stereocenters. The van der Waals surface area contributed by atoms with Crippen molar-refractivity contribution >= 4 is 5.91 Å². The molecule has 0 radical (unpaired) electrons. The number of carbonyl (C=O) groups is 1. The van der Waals surface area contributed by atoms with E-state index in [0.717, 1.165) is 60.7 Å². The van der Waals surface area contributed by atoms with Gasteiger partial charge in [-0.3, -0.25) is 4.79 Å². The minimum Gasteiger partial charge on any atom is -0.460 e. The number of benzene rings is 2. The van der Waals surface area contributed by atoms with Gasteiger partial charge < -0.3 is 14.8 Å². The molecule has 31 heavy (non-hydrogen) atoms. The van der Waals surface area contributed by atoms with Crippen LogP contribution in [0.15, 0.2) is 60.9 Å². The molecule has 1 aromatic heterocycles. The van der Waals surface area contributed by atoms with Crippen LogP contribution in [-0.2, 0) is 4.79 Å². The predicted molar refractivity (Wildman–Crippen MR) is 112 cm³/mol. The van der Waals surface area contributed by atoms with Gasteiger partial charge in [0.05, 0.1) is 18.3 Å². The number of nitrogens with zero attached hydrogens (tertiary/aromatic N) is 2. The summed E-state index contributed by atoms with van der Waals surface area (Å²) in [5.74, 6) is 0.530. The molecule has 2 aromatic carbocycles. The second-order valence-electron chi connectivity index (χ2n) is 7.89. The van der Waals surface area contributed by atoms with Crippen LogP contribution in [-0.4, -0.2) is 28.0 Å². The molecule has 1 saturated carbocycles. The first-order valence-electron chi connectivity index (χ1n) is 10.5. The van der Waals surface area contributed by atoms with Gasteiger partial charge >= 0.3 is 6.01 Å². The molecule has 0 bridgehead atoms. The number of para-hydroxylation sites is 2. The summed E-state index contributed by atoms with van der Waals surface area (Å²) in [4.78, 5) is 21.1. The van der Waals surface area contributed by atoms with Crippen molar-refractivity contribution < 1.29 is 18.7 Å². The van der Waals surface area contributed by atoms with Gasteiger partial charge in [0.1, 0.15) is 17.6 Å². The summed E-state index contributed by atoms with van der Waals surface area (Å²) in [5.41, 5.74) is 1.76. The zero-order valence-electron chi connectivity index (χ0n) is 16.8. The molecule has 0 spiro atoms. The van der Waals surface area contributed by atoms with Crippen molar-refractivity contribution in [3.8, 4) is 17.5 Å². The first-order valence-corrected chi connectivity index (χ1v) is 10.5. The number of amides is 1. The lowest BCUT2D eigenvalue weighted by atomic mass is 9.86. The van der Waals surface area contributed by atoms with Gasteiger partial charge in [-0.15, -0.1) is 0 Å². The van der Waals surface area contributed by atoms with Crippen molar-refractivity contribution in [1.82, 2.24) is 15.3 Å². The Labute approximate surface area is 179 Å². The highest BCUT2D eigenvalue weighted by atomic mass is 19.1. The molecule has 3 aromatic rings. The van der Waals surface area contributed by atoms with Crippen LogP contribution in [0.4, 0.5) is 4.39 Å². The van der Waals surface area contributed by atoms with Crippen molar-refractivity contribution in [2.24, 2.45) is 0 Å². The van der Waals surface area contributed by atoms with Gasteiger partial charge in [0.2, 0.25) is 5.91 Å². The summed E-state index contributed by atoms with van der Waals surface area (Å²) in [5, 5.41) is 3.23. The lowest BCUT2D eigenvalue weighted by Crippen LogP contribution is -2.42. The average Bonchev–Trinajstić information content (AvgIpc) is 2.80. The van der Waals surface area contributed by atoms with Crippen molar-refractivity contribution in [2.75, 3.05) is 0 Å². The number of carbonyl (C=O) groups excluding carboxylic acids is 1. The Hall–Kier alpha value is -3.48. The second-order valence-corrected chi connectivity index (χ2v) is 7.89. The normalized spacial score (nSPS) is 20.2. The van der Waals surface area contributed by atoms with Gasteiger partial charge in [-0.1, -0.05) is 36.4 Å². The van der Waals surface area contributed by atoms with Crippen LogP contribution in [0, 0.1) is 5.82 Å². The molecule has 7 heteroatoms. The summed E-state index contributed by atoms with van der Waals surface area (Å²) in [6, 6.07) is 15.6. The van der Waals surface area contributed by atoms with Gasteiger partial charge in [0.15, 0.2) is 5.82 Å². The Morgan fingerprint density at radius 3 is 2.13 bits per heavy atom. The van der Waals surface area contributed by atoms with E-state index in [1.807, 2.05) is 48.5 Å². The fraction of sp³-hybridized carbons (Fsp3) is 0.292. The molecule has 5 rings (SSSR count). The Morgan fingerprint density at radius 2 is 1.52 bits per heavy atom. The van der Waals surface area contributed by atoms with Crippen molar-refractivity contribution in [3.05, 3.63) is 77.9 Å². The maximum atomic E-state index is 13.3. The van der Waals surface area contributed by atoms with Crippen LogP contribution < -0.4 is 14.8 Å². The van der Waals surface area contributed by atoms with Gasteiger partial charge in [-0.25, -0.2) is 14.4 Å². The number of fused-ring (bicyclic) bond motifs is 2. The molecule has 1 fully saturated rings. The number of ether oxygens (including phenoxy) is 2. The van der Waals surface area contributed by atoms with Crippen molar-refractivity contribution in [2.45, 2.75) is 43.7 Å². The van der Waals surface area contributed by atoms with E-state index in [-0.39, 0.29) is 24.1 Å². The molecular formula is C24H22FN3O3. The third-order valence-corrected chi connectivity index (χ3v) is 5.83. The van der Waals surface area contributed by atoms with Crippen LogP contribution in [0.2, 0.25) is 0 Å². The second kappa shape index (κ2) is 8.34. The maximum Gasteiger partial charge on any atom is 0.316 e. The topological polar surface area (TPSA) is 73.3 Å². The third kappa shape index (κ3) is 4.08. The van der Waals surface area contributed by atoms with E-state index < -0.39 is 11.7 Å². The SMILES string of the molecule is O=C(NC1CCC(Oc2ncc(F)cn2)CC1)C1c2ccccc2Oc2ccccc21. The molecule has 2 heterocycles. The molecule has 1 amide bonds. The van der Waals surface area contributed by atoms with E-state index in [9.17, 15) is 9.18 Å².